The molecule has 1 nitrogen and oxygen atoms in total. The Morgan fingerprint density at radius 3 is 2.78 bits per heavy atom. The Bertz CT molecular complexity index is 275. The Morgan fingerprint density at radius 2 is 2.11 bits per heavy atom. The SMILES string of the molecule is [2H]c1cc(Cl)c(Cl)c([2H])c1N. The third kappa shape index (κ3) is 1.50. The van der Waals surface area contributed by atoms with E-state index in [-0.39, 0.29) is 27.8 Å². The van der Waals surface area contributed by atoms with Gasteiger partial charge in [-0.05, 0) is 18.2 Å². The fourth-order valence-corrected chi connectivity index (χ4v) is 0.677. The van der Waals surface area contributed by atoms with Crippen LogP contribution in [0.3, 0.4) is 0 Å². The third-order valence-electron chi connectivity index (χ3n) is 0.808. The summed E-state index contributed by atoms with van der Waals surface area (Å²) in [6, 6.07) is 1.27. The second-order valence-corrected chi connectivity index (χ2v) is 2.27. The zero-order valence-corrected chi connectivity index (χ0v) is 5.92. The van der Waals surface area contributed by atoms with Crippen LogP contribution in [0.2, 0.25) is 10.0 Å². The van der Waals surface area contributed by atoms with Crippen molar-refractivity contribution in [1.82, 2.24) is 0 Å². The Balaban J connectivity index is 3.46. The molecule has 48 valence electrons. The standard InChI is InChI=1S/C6H5Cl2N/c7-5-2-1-4(9)3-6(5)8/h1-3H,9H2/i1D,3D. The van der Waals surface area contributed by atoms with Crippen molar-refractivity contribution in [3.8, 4) is 0 Å². The van der Waals surface area contributed by atoms with E-state index in [4.69, 9.17) is 31.7 Å². The molecule has 0 unspecified atom stereocenters. The molecule has 0 spiro atoms. The monoisotopic (exact) mass is 163 g/mol. The second-order valence-electron chi connectivity index (χ2n) is 1.49. The van der Waals surface area contributed by atoms with Crippen molar-refractivity contribution in [2.75, 3.05) is 5.73 Å². The van der Waals surface area contributed by atoms with E-state index in [9.17, 15) is 0 Å². The number of nitrogen functional groups attached to an aromatic ring is 1. The van der Waals surface area contributed by atoms with Gasteiger partial charge in [-0.2, -0.15) is 0 Å². The predicted molar refractivity (Wildman–Crippen MR) is 40.9 cm³/mol. The quantitative estimate of drug-likeness (QED) is 0.586. The summed E-state index contributed by atoms with van der Waals surface area (Å²) in [5, 5.41) is 0.288. The molecule has 0 aromatic heterocycles. The van der Waals surface area contributed by atoms with Gasteiger partial charge in [0.25, 0.3) is 0 Å². The van der Waals surface area contributed by atoms with Crippen molar-refractivity contribution in [3.63, 3.8) is 0 Å². The maximum absolute atomic E-state index is 7.26. The van der Waals surface area contributed by atoms with E-state index in [0.717, 1.165) is 0 Å². The summed E-state index contributed by atoms with van der Waals surface area (Å²) < 4.78 is 14.5. The predicted octanol–water partition coefficient (Wildman–Crippen LogP) is 2.58. The molecule has 0 atom stereocenters. The number of hydrogen-bond acceptors (Lipinski definition) is 1. The molecule has 0 saturated heterocycles. The fourth-order valence-electron chi connectivity index (χ4n) is 0.419. The molecule has 0 fully saturated rings. The zero-order valence-electron chi connectivity index (χ0n) is 6.41. The van der Waals surface area contributed by atoms with E-state index in [1.54, 1.807) is 0 Å². The molecular formula is C6H5Cl2N. The molecule has 0 saturated carbocycles. The lowest BCUT2D eigenvalue weighted by Gasteiger charge is -1.94. The van der Waals surface area contributed by atoms with Crippen LogP contribution in [0.4, 0.5) is 5.69 Å². The van der Waals surface area contributed by atoms with E-state index < -0.39 is 0 Å². The zero-order chi connectivity index (χ0) is 8.59. The molecule has 0 aliphatic heterocycles. The van der Waals surface area contributed by atoms with Gasteiger partial charge in [-0.25, -0.2) is 0 Å². The normalized spacial score (nSPS) is 12.7. The molecule has 1 rings (SSSR count). The first kappa shape index (κ1) is 4.42. The minimum atomic E-state index is -0.0795. The first-order valence-electron chi connectivity index (χ1n) is 3.24. The molecule has 0 aliphatic carbocycles. The lowest BCUT2D eigenvalue weighted by molar-refractivity contribution is 1.68. The van der Waals surface area contributed by atoms with E-state index in [0.29, 0.717) is 0 Å². The summed E-state index contributed by atoms with van der Waals surface area (Å²) in [4.78, 5) is 0. The molecule has 0 aliphatic rings. The summed E-state index contributed by atoms with van der Waals surface area (Å²) >= 11 is 11.1. The van der Waals surface area contributed by atoms with Crippen molar-refractivity contribution in [2.24, 2.45) is 0 Å². The Kier molecular flexibility index (Phi) is 1.21. The Morgan fingerprint density at radius 1 is 1.44 bits per heavy atom. The first-order chi connectivity index (χ1) is 5.04. The van der Waals surface area contributed by atoms with Crippen LogP contribution < -0.4 is 5.73 Å². The van der Waals surface area contributed by atoms with Crippen LogP contribution in [0, 0.1) is 0 Å². The van der Waals surface area contributed by atoms with Gasteiger partial charge in [-0.1, -0.05) is 23.2 Å². The van der Waals surface area contributed by atoms with Gasteiger partial charge in [0.2, 0.25) is 0 Å². The van der Waals surface area contributed by atoms with Crippen LogP contribution in [0.1, 0.15) is 2.74 Å². The highest BCUT2D eigenvalue weighted by molar-refractivity contribution is 6.42. The maximum atomic E-state index is 7.26. The minimum absolute atomic E-state index is 0.0319. The summed E-state index contributed by atoms with van der Waals surface area (Å²) in [5.74, 6) is 0. The summed E-state index contributed by atoms with van der Waals surface area (Å²) in [6.07, 6.45) is 0. The molecule has 0 heterocycles. The molecule has 3 heteroatoms. The summed E-state index contributed by atoms with van der Waals surface area (Å²) in [7, 11) is 0. The molecule has 0 bridgehead atoms. The average Bonchev–Trinajstić information content (AvgIpc) is 1.97. The van der Waals surface area contributed by atoms with Crippen LogP contribution in [0.5, 0.6) is 0 Å². The van der Waals surface area contributed by atoms with E-state index in [1.807, 2.05) is 0 Å². The Hall–Kier alpha value is -0.400. The van der Waals surface area contributed by atoms with Crippen LogP contribution in [0.25, 0.3) is 0 Å². The smallest absolute Gasteiger partial charge is 0.0661 e. The van der Waals surface area contributed by atoms with Gasteiger partial charge in [-0.15, -0.1) is 0 Å². The topological polar surface area (TPSA) is 26.0 Å². The fraction of sp³-hybridized carbons (Fsp3) is 0. The lowest BCUT2D eigenvalue weighted by atomic mass is 10.3. The van der Waals surface area contributed by atoms with Crippen LogP contribution in [-0.2, 0) is 0 Å². The number of rotatable bonds is 0. The number of benzene rings is 1. The number of anilines is 1. The van der Waals surface area contributed by atoms with E-state index in [2.05, 4.69) is 0 Å². The molecule has 1 aromatic rings. The molecule has 0 amide bonds. The maximum Gasteiger partial charge on any atom is 0.0661 e. The summed E-state index contributed by atoms with van der Waals surface area (Å²) in [5.41, 5.74) is 5.39. The van der Waals surface area contributed by atoms with E-state index in [1.165, 1.54) is 6.07 Å². The van der Waals surface area contributed by atoms with Crippen LogP contribution in [0.15, 0.2) is 18.2 Å². The third-order valence-corrected chi connectivity index (χ3v) is 1.50. The van der Waals surface area contributed by atoms with Gasteiger partial charge < -0.3 is 5.73 Å². The second kappa shape index (κ2) is 2.46. The highest BCUT2D eigenvalue weighted by Crippen LogP contribution is 2.23. The van der Waals surface area contributed by atoms with Gasteiger partial charge >= 0.3 is 0 Å². The molecule has 0 radical (unpaired) electrons. The van der Waals surface area contributed by atoms with Crippen LogP contribution in [-0.4, -0.2) is 0 Å². The lowest BCUT2D eigenvalue weighted by Crippen LogP contribution is -1.82. The van der Waals surface area contributed by atoms with Gasteiger partial charge in [0.05, 0.1) is 12.8 Å². The highest BCUT2D eigenvalue weighted by Gasteiger charge is 1.94. The van der Waals surface area contributed by atoms with Crippen LogP contribution >= 0.6 is 23.2 Å². The Labute approximate surface area is 66.2 Å². The molecular weight excluding hydrogens is 157 g/mol. The van der Waals surface area contributed by atoms with Gasteiger partial charge in [-0.3, -0.25) is 0 Å². The molecule has 1 aromatic carbocycles. The molecule has 2 N–H and O–H groups in total. The largest absolute Gasteiger partial charge is 0.399 e. The minimum Gasteiger partial charge on any atom is -0.399 e. The van der Waals surface area contributed by atoms with Crippen molar-refractivity contribution in [1.29, 1.82) is 0 Å². The van der Waals surface area contributed by atoms with Gasteiger partial charge in [0.1, 0.15) is 0 Å². The van der Waals surface area contributed by atoms with Crippen molar-refractivity contribution < 1.29 is 2.74 Å². The van der Waals surface area contributed by atoms with Crippen molar-refractivity contribution >= 4 is 28.9 Å². The van der Waals surface area contributed by atoms with Crippen molar-refractivity contribution in [3.05, 3.63) is 28.2 Å². The molecule has 9 heavy (non-hydrogen) atoms. The van der Waals surface area contributed by atoms with E-state index >= 15 is 0 Å². The number of hydrogen-bond donors (Lipinski definition) is 1. The summed E-state index contributed by atoms with van der Waals surface area (Å²) in [6.45, 7) is 0. The number of nitrogens with two attached hydrogens (primary N) is 1. The number of halogens is 2. The van der Waals surface area contributed by atoms with Gasteiger partial charge in [0.15, 0.2) is 0 Å². The van der Waals surface area contributed by atoms with Gasteiger partial charge in [0, 0.05) is 5.69 Å². The first-order valence-corrected chi connectivity index (χ1v) is 3.00. The van der Waals surface area contributed by atoms with Crippen molar-refractivity contribution in [2.45, 2.75) is 0 Å². The average molecular weight is 164 g/mol. The highest BCUT2D eigenvalue weighted by atomic mass is 35.5.